The quantitative estimate of drug-likeness (QED) is 0.288. The predicted molar refractivity (Wildman–Crippen MR) is 133 cm³/mol. The maximum Gasteiger partial charge on any atom is 0.335 e. The molecule has 3 heterocycles. The van der Waals surface area contributed by atoms with Gasteiger partial charge in [0.15, 0.2) is 0 Å². The first-order chi connectivity index (χ1) is 16.5. The fourth-order valence-corrected chi connectivity index (χ4v) is 5.27. The zero-order valence-electron chi connectivity index (χ0n) is 19.1. The third-order valence-corrected chi connectivity index (χ3v) is 7.21. The highest BCUT2D eigenvalue weighted by molar-refractivity contribution is 5.98. The smallest absolute Gasteiger partial charge is 0.335 e. The van der Waals surface area contributed by atoms with Crippen LogP contribution in [-0.2, 0) is 6.42 Å². The van der Waals surface area contributed by atoms with Gasteiger partial charge in [-0.05, 0) is 105 Å². The van der Waals surface area contributed by atoms with Gasteiger partial charge >= 0.3 is 5.97 Å². The van der Waals surface area contributed by atoms with Crippen molar-refractivity contribution in [1.82, 2.24) is 14.9 Å². The van der Waals surface area contributed by atoms with E-state index in [0.29, 0.717) is 17.0 Å². The highest BCUT2D eigenvalue weighted by atomic mass is 16.4. The second-order valence-corrected chi connectivity index (χ2v) is 9.32. The number of likely N-dealkylation sites (tertiary alicyclic amines) is 1. The van der Waals surface area contributed by atoms with Gasteiger partial charge in [-0.25, -0.2) is 4.79 Å². The minimum Gasteiger partial charge on any atom is -0.478 e. The third-order valence-electron chi connectivity index (χ3n) is 7.21. The number of carbonyl (C=O) groups excluding carboxylic acids is 1. The summed E-state index contributed by atoms with van der Waals surface area (Å²) >= 11 is 0. The molecule has 0 atom stereocenters. The van der Waals surface area contributed by atoms with Crippen LogP contribution in [0.5, 0.6) is 0 Å². The molecule has 34 heavy (non-hydrogen) atoms. The molecule has 1 amide bonds. The molecule has 0 aliphatic carbocycles. The van der Waals surface area contributed by atoms with Crippen molar-refractivity contribution < 1.29 is 14.7 Å². The molecule has 0 bridgehead atoms. The highest BCUT2D eigenvalue weighted by Gasteiger charge is 2.23. The molecule has 4 aromatic rings. The lowest BCUT2D eigenvalue weighted by atomic mass is 9.88. The number of aryl methyl sites for hydroxylation is 1. The molecule has 7 nitrogen and oxygen atoms in total. The Hall–Kier alpha value is -3.58. The number of hydrogen-bond acceptors (Lipinski definition) is 3. The molecule has 7 heteroatoms. The van der Waals surface area contributed by atoms with Crippen molar-refractivity contribution in [2.24, 2.45) is 5.73 Å². The number of nitrogens with one attached hydrogen (secondary N) is 2. The van der Waals surface area contributed by atoms with Crippen LogP contribution in [0.25, 0.3) is 21.8 Å². The molecule has 5 rings (SSSR count). The summed E-state index contributed by atoms with van der Waals surface area (Å²) in [7, 11) is 0. The number of amides is 1. The van der Waals surface area contributed by atoms with Crippen LogP contribution >= 0.6 is 0 Å². The Morgan fingerprint density at radius 2 is 1.62 bits per heavy atom. The normalized spacial score (nSPS) is 15.3. The number of primary amides is 1. The van der Waals surface area contributed by atoms with E-state index in [2.05, 4.69) is 21.1 Å². The third kappa shape index (κ3) is 4.43. The van der Waals surface area contributed by atoms with Gasteiger partial charge in [-0.15, -0.1) is 0 Å². The monoisotopic (exact) mass is 458 g/mol. The zero-order valence-corrected chi connectivity index (χ0v) is 19.1. The number of aromatic nitrogens is 2. The lowest BCUT2D eigenvalue weighted by Crippen LogP contribution is -2.33. The first kappa shape index (κ1) is 22.2. The molecular weight excluding hydrogens is 428 g/mol. The number of fused-ring (bicyclic) bond motifs is 2. The Morgan fingerprint density at radius 3 is 2.35 bits per heavy atom. The first-order valence-corrected chi connectivity index (χ1v) is 12.0. The van der Waals surface area contributed by atoms with Crippen LogP contribution in [-0.4, -0.2) is 51.5 Å². The summed E-state index contributed by atoms with van der Waals surface area (Å²) in [5.41, 5.74) is 10.9. The lowest BCUT2D eigenvalue weighted by molar-refractivity contribution is 0.0696. The summed E-state index contributed by atoms with van der Waals surface area (Å²) in [5, 5.41) is 11.4. The number of rotatable bonds is 8. The molecular formula is C27H30N4O3. The van der Waals surface area contributed by atoms with Crippen molar-refractivity contribution in [2.75, 3.05) is 19.6 Å². The van der Waals surface area contributed by atoms with Gasteiger partial charge in [-0.3, -0.25) is 4.79 Å². The van der Waals surface area contributed by atoms with Crippen LogP contribution in [0.15, 0.2) is 48.8 Å². The number of carboxylic acid groups (broad SMARTS) is 1. The van der Waals surface area contributed by atoms with Crippen LogP contribution in [0.1, 0.15) is 63.4 Å². The molecule has 176 valence electrons. The van der Waals surface area contributed by atoms with Gasteiger partial charge in [-0.2, -0.15) is 0 Å². The van der Waals surface area contributed by atoms with Gasteiger partial charge in [0.1, 0.15) is 0 Å². The number of piperidine rings is 1. The van der Waals surface area contributed by atoms with E-state index < -0.39 is 5.97 Å². The molecule has 1 aliphatic rings. The van der Waals surface area contributed by atoms with Crippen molar-refractivity contribution in [2.45, 2.75) is 38.0 Å². The van der Waals surface area contributed by atoms with Crippen molar-refractivity contribution in [3.05, 3.63) is 71.0 Å². The molecule has 0 spiro atoms. The second kappa shape index (κ2) is 9.35. The Labute approximate surface area is 197 Å². The van der Waals surface area contributed by atoms with Gasteiger partial charge < -0.3 is 25.7 Å². The number of aromatic amines is 2. The van der Waals surface area contributed by atoms with Gasteiger partial charge in [0.2, 0.25) is 5.91 Å². The number of benzene rings is 2. The number of aromatic carboxylic acids is 1. The van der Waals surface area contributed by atoms with E-state index >= 15 is 0 Å². The Bertz CT molecular complexity index is 1340. The summed E-state index contributed by atoms with van der Waals surface area (Å²) in [6.07, 6.45) is 9.44. The zero-order chi connectivity index (χ0) is 23.7. The molecule has 2 aromatic heterocycles. The molecule has 1 saturated heterocycles. The lowest BCUT2D eigenvalue weighted by Gasteiger charge is -2.32. The molecule has 0 saturated carbocycles. The Balaban J connectivity index is 1.13. The molecule has 0 radical (unpaired) electrons. The standard InChI is InChI=1S/C27H30N4O3/c28-26(32)18-4-6-25-22(13-18)23(16-30-25)17-8-11-31(12-9-17)10-2-1-3-20-15-29-24-7-5-19(27(33)34)14-21(20)24/h4-7,13-17,29-30H,1-3,8-12H2,(H2,28,32)(H,33,34). The summed E-state index contributed by atoms with van der Waals surface area (Å²) < 4.78 is 0. The average molecular weight is 459 g/mol. The number of hydrogen-bond donors (Lipinski definition) is 4. The van der Waals surface area contributed by atoms with E-state index in [-0.39, 0.29) is 5.91 Å². The van der Waals surface area contributed by atoms with Crippen molar-refractivity contribution in [3.63, 3.8) is 0 Å². The molecule has 1 fully saturated rings. The van der Waals surface area contributed by atoms with E-state index in [1.165, 1.54) is 11.1 Å². The van der Waals surface area contributed by atoms with Gasteiger partial charge in [0.05, 0.1) is 5.56 Å². The number of unbranched alkanes of at least 4 members (excludes halogenated alkanes) is 1. The SMILES string of the molecule is NC(=O)c1ccc2[nH]cc(C3CCN(CCCCc4c[nH]c5ccc(C(=O)O)cc45)CC3)c2c1. The van der Waals surface area contributed by atoms with E-state index in [4.69, 9.17) is 5.73 Å². The molecule has 0 unspecified atom stereocenters. The molecule has 2 aromatic carbocycles. The topological polar surface area (TPSA) is 115 Å². The number of nitrogens with two attached hydrogens (primary N) is 1. The van der Waals surface area contributed by atoms with Crippen LogP contribution in [0.2, 0.25) is 0 Å². The van der Waals surface area contributed by atoms with Crippen molar-refractivity contribution >= 4 is 33.7 Å². The summed E-state index contributed by atoms with van der Waals surface area (Å²) in [5.74, 6) is -0.792. The summed E-state index contributed by atoms with van der Waals surface area (Å²) in [6, 6.07) is 10.9. The number of H-pyrrole nitrogens is 2. The molecule has 5 N–H and O–H groups in total. The second-order valence-electron chi connectivity index (χ2n) is 9.32. The van der Waals surface area contributed by atoms with Crippen molar-refractivity contribution in [1.29, 1.82) is 0 Å². The number of nitrogens with zero attached hydrogens (tertiary/aromatic N) is 1. The van der Waals surface area contributed by atoms with E-state index in [0.717, 1.165) is 73.5 Å². The fraction of sp³-hybridized carbons (Fsp3) is 0.333. The Kier molecular flexibility index (Phi) is 6.11. The van der Waals surface area contributed by atoms with Crippen LogP contribution < -0.4 is 5.73 Å². The molecule has 1 aliphatic heterocycles. The average Bonchev–Trinajstić information content (AvgIpc) is 3.45. The minimum atomic E-state index is -0.890. The number of carbonyl (C=O) groups is 2. The van der Waals surface area contributed by atoms with Crippen LogP contribution in [0.3, 0.4) is 0 Å². The van der Waals surface area contributed by atoms with Crippen LogP contribution in [0, 0.1) is 0 Å². The van der Waals surface area contributed by atoms with Gasteiger partial charge in [0, 0.05) is 39.8 Å². The van der Waals surface area contributed by atoms with Gasteiger partial charge in [0.25, 0.3) is 0 Å². The maximum absolute atomic E-state index is 11.6. The van der Waals surface area contributed by atoms with E-state index in [9.17, 15) is 14.7 Å². The largest absolute Gasteiger partial charge is 0.478 e. The first-order valence-electron chi connectivity index (χ1n) is 12.0. The number of carboxylic acids is 1. The summed E-state index contributed by atoms with van der Waals surface area (Å²) in [4.78, 5) is 32.0. The Morgan fingerprint density at radius 1 is 0.941 bits per heavy atom. The van der Waals surface area contributed by atoms with Gasteiger partial charge in [-0.1, -0.05) is 0 Å². The maximum atomic E-state index is 11.6. The van der Waals surface area contributed by atoms with Crippen LogP contribution in [0.4, 0.5) is 0 Å². The highest BCUT2D eigenvalue weighted by Crippen LogP contribution is 2.33. The fourth-order valence-electron chi connectivity index (χ4n) is 5.27. The predicted octanol–water partition coefficient (Wildman–Crippen LogP) is 4.65. The van der Waals surface area contributed by atoms with E-state index in [1.807, 2.05) is 24.4 Å². The van der Waals surface area contributed by atoms with Crippen molar-refractivity contribution in [3.8, 4) is 0 Å². The summed E-state index contributed by atoms with van der Waals surface area (Å²) in [6.45, 7) is 3.22. The van der Waals surface area contributed by atoms with E-state index in [1.54, 1.807) is 18.2 Å². The minimum absolute atomic E-state index is 0.331.